The number of rotatable bonds is 3. The second-order valence-corrected chi connectivity index (χ2v) is 6.52. The number of nitrogens with zero attached hydrogens (tertiary/aromatic N) is 1. The van der Waals surface area contributed by atoms with Crippen molar-refractivity contribution in [2.45, 2.75) is 30.6 Å². The van der Waals surface area contributed by atoms with E-state index in [9.17, 15) is 4.39 Å². The van der Waals surface area contributed by atoms with Gasteiger partial charge in [0.2, 0.25) is 0 Å². The Morgan fingerprint density at radius 2 is 2.22 bits per heavy atom. The normalized spacial score (nSPS) is 20.8. The lowest BCUT2D eigenvalue weighted by atomic mass is 9.84. The molecule has 96 valence electrons. The van der Waals surface area contributed by atoms with Gasteiger partial charge in [-0.05, 0) is 36.8 Å². The summed E-state index contributed by atoms with van der Waals surface area (Å²) in [7, 11) is 0. The molecule has 0 aromatic heterocycles. The third kappa shape index (κ3) is 1.83. The van der Waals surface area contributed by atoms with E-state index < -0.39 is 0 Å². The van der Waals surface area contributed by atoms with E-state index in [-0.39, 0.29) is 5.82 Å². The van der Waals surface area contributed by atoms with Gasteiger partial charge in [-0.25, -0.2) is 4.39 Å². The molecule has 1 heterocycles. The minimum Gasteiger partial charge on any atom is -0.351 e. The van der Waals surface area contributed by atoms with E-state index in [2.05, 4.69) is 11.2 Å². The van der Waals surface area contributed by atoms with E-state index in [4.69, 9.17) is 5.41 Å². The van der Waals surface area contributed by atoms with Gasteiger partial charge in [0.1, 0.15) is 11.7 Å². The second-order valence-electron chi connectivity index (χ2n) is 5.25. The van der Waals surface area contributed by atoms with E-state index in [1.807, 2.05) is 17.8 Å². The zero-order valence-corrected chi connectivity index (χ0v) is 11.3. The van der Waals surface area contributed by atoms with E-state index in [1.54, 1.807) is 0 Å². The molecule has 1 fully saturated rings. The Balaban J connectivity index is 1.80. The third-order valence-electron chi connectivity index (χ3n) is 4.18. The average molecular weight is 264 g/mol. The molecule has 0 atom stereocenters. The first-order valence-corrected chi connectivity index (χ1v) is 7.53. The van der Waals surface area contributed by atoms with Crippen molar-refractivity contribution in [1.82, 2.24) is 4.90 Å². The monoisotopic (exact) mass is 264 g/mol. The smallest absolute Gasteiger partial charge is 0.128 e. The number of nitrogens with one attached hydrogen (secondary N) is 1. The van der Waals surface area contributed by atoms with Gasteiger partial charge in [-0.3, -0.25) is 5.41 Å². The van der Waals surface area contributed by atoms with Crippen molar-refractivity contribution in [2.75, 3.05) is 12.8 Å². The summed E-state index contributed by atoms with van der Waals surface area (Å²) >= 11 is 1.92. The summed E-state index contributed by atoms with van der Waals surface area (Å²) in [5.74, 6) is 0.244. The van der Waals surface area contributed by atoms with Crippen LogP contribution in [0.1, 0.15) is 30.4 Å². The molecule has 0 radical (unpaired) electrons. The molecular weight excluding hydrogens is 247 g/mol. The lowest BCUT2D eigenvalue weighted by molar-refractivity contribution is 0.275. The maximum Gasteiger partial charge on any atom is 0.128 e. The fraction of sp³-hybridized carbons (Fsp3) is 0.500. The molecule has 1 saturated carbocycles. The molecule has 4 heteroatoms. The number of amidine groups is 1. The molecule has 1 aliphatic carbocycles. The highest BCUT2D eigenvalue weighted by molar-refractivity contribution is 8.00. The zero-order chi connectivity index (χ0) is 12.8. The van der Waals surface area contributed by atoms with Crippen LogP contribution in [0, 0.1) is 11.2 Å². The van der Waals surface area contributed by atoms with Crippen LogP contribution in [-0.2, 0) is 6.54 Å². The highest BCUT2D eigenvalue weighted by atomic mass is 32.2. The van der Waals surface area contributed by atoms with Gasteiger partial charge in [0.05, 0.1) is 0 Å². The molecule has 1 aromatic carbocycles. The molecular formula is C14H17FN2S. The van der Waals surface area contributed by atoms with Crippen molar-refractivity contribution in [2.24, 2.45) is 0 Å². The SMILES string of the molecule is CSC1(CN2Cc3ccc(F)cc3C2=N)CCC1. The topological polar surface area (TPSA) is 27.1 Å². The first-order chi connectivity index (χ1) is 8.63. The van der Waals surface area contributed by atoms with Gasteiger partial charge in [-0.2, -0.15) is 11.8 Å². The second kappa shape index (κ2) is 4.26. The third-order valence-corrected chi connectivity index (χ3v) is 5.58. The van der Waals surface area contributed by atoms with Crippen LogP contribution in [0.25, 0.3) is 0 Å². The summed E-state index contributed by atoms with van der Waals surface area (Å²) in [5.41, 5.74) is 1.85. The van der Waals surface area contributed by atoms with Crippen LogP contribution in [0.3, 0.4) is 0 Å². The molecule has 0 amide bonds. The van der Waals surface area contributed by atoms with Gasteiger partial charge < -0.3 is 4.90 Å². The summed E-state index contributed by atoms with van der Waals surface area (Å²) < 4.78 is 13.6. The van der Waals surface area contributed by atoms with Crippen LogP contribution in [0.15, 0.2) is 18.2 Å². The summed E-state index contributed by atoms with van der Waals surface area (Å²) in [4.78, 5) is 2.10. The Bertz CT molecular complexity index is 491. The number of halogens is 1. The lowest BCUT2D eigenvalue weighted by Gasteiger charge is -2.43. The van der Waals surface area contributed by atoms with Gasteiger partial charge in [0.25, 0.3) is 0 Å². The predicted octanol–water partition coefficient (Wildman–Crippen LogP) is 3.25. The van der Waals surface area contributed by atoms with E-state index in [0.717, 1.165) is 24.2 Å². The summed E-state index contributed by atoms with van der Waals surface area (Å²) in [5, 5.41) is 8.19. The van der Waals surface area contributed by atoms with E-state index >= 15 is 0 Å². The summed E-state index contributed by atoms with van der Waals surface area (Å²) in [6, 6.07) is 4.79. The molecule has 18 heavy (non-hydrogen) atoms. The van der Waals surface area contributed by atoms with Gasteiger partial charge >= 0.3 is 0 Å². The minimum atomic E-state index is -0.247. The molecule has 2 nitrogen and oxygen atoms in total. The standard InChI is InChI=1S/C14H17FN2S/c1-18-14(5-2-6-14)9-17-8-10-3-4-11(15)7-12(10)13(17)16/h3-4,7,16H,2,5-6,8-9H2,1H3. The van der Waals surface area contributed by atoms with Crippen LogP contribution >= 0.6 is 11.8 Å². The molecule has 0 bridgehead atoms. The predicted molar refractivity (Wildman–Crippen MR) is 73.7 cm³/mol. The fourth-order valence-corrected chi connectivity index (χ4v) is 3.82. The zero-order valence-electron chi connectivity index (χ0n) is 10.5. The molecule has 1 aliphatic heterocycles. The molecule has 0 unspecified atom stereocenters. The summed E-state index contributed by atoms with van der Waals surface area (Å²) in [6.45, 7) is 1.68. The Hall–Kier alpha value is -1.03. The minimum absolute atomic E-state index is 0.247. The number of benzene rings is 1. The van der Waals surface area contributed by atoms with Crippen molar-refractivity contribution in [3.63, 3.8) is 0 Å². The highest BCUT2D eigenvalue weighted by Gasteiger charge is 2.40. The quantitative estimate of drug-likeness (QED) is 0.907. The van der Waals surface area contributed by atoms with E-state index in [1.165, 1.54) is 31.4 Å². The number of thioether (sulfide) groups is 1. The number of hydrogen-bond acceptors (Lipinski definition) is 2. The van der Waals surface area contributed by atoms with Gasteiger partial charge in [-0.15, -0.1) is 0 Å². The highest BCUT2D eigenvalue weighted by Crippen LogP contribution is 2.44. The summed E-state index contributed by atoms with van der Waals surface area (Å²) in [6.07, 6.45) is 5.93. The molecule has 1 aromatic rings. The molecule has 0 spiro atoms. The lowest BCUT2D eigenvalue weighted by Crippen LogP contribution is -2.45. The average Bonchev–Trinajstić information content (AvgIpc) is 2.61. The van der Waals surface area contributed by atoms with Crippen molar-refractivity contribution in [1.29, 1.82) is 5.41 Å². The Kier molecular flexibility index (Phi) is 2.85. The number of fused-ring (bicyclic) bond motifs is 1. The van der Waals surface area contributed by atoms with Crippen LogP contribution in [0.5, 0.6) is 0 Å². The van der Waals surface area contributed by atoms with Gasteiger partial charge in [0.15, 0.2) is 0 Å². The van der Waals surface area contributed by atoms with Crippen molar-refractivity contribution >= 4 is 17.6 Å². The largest absolute Gasteiger partial charge is 0.351 e. The van der Waals surface area contributed by atoms with Crippen LogP contribution in [-0.4, -0.2) is 28.3 Å². The fourth-order valence-electron chi connectivity index (χ4n) is 2.84. The molecule has 1 N–H and O–H groups in total. The Labute approximate surface area is 111 Å². The van der Waals surface area contributed by atoms with Crippen molar-refractivity contribution < 1.29 is 4.39 Å². The molecule has 0 saturated heterocycles. The first kappa shape index (κ1) is 12.0. The maximum absolute atomic E-state index is 13.2. The Morgan fingerprint density at radius 3 is 2.83 bits per heavy atom. The van der Waals surface area contributed by atoms with Crippen molar-refractivity contribution in [3.05, 3.63) is 35.1 Å². The van der Waals surface area contributed by atoms with Gasteiger partial charge in [-0.1, -0.05) is 12.5 Å². The molecule has 2 aliphatic rings. The maximum atomic E-state index is 13.2. The van der Waals surface area contributed by atoms with Crippen molar-refractivity contribution in [3.8, 4) is 0 Å². The van der Waals surface area contributed by atoms with Crippen LogP contribution in [0.2, 0.25) is 0 Å². The van der Waals surface area contributed by atoms with E-state index in [0.29, 0.717) is 10.6 Å². The molecule has 3 rings (SSSR count). The first-order valence-electron chi connectivity index (χ1n) is 6.31. The van der Waals surface area contributed by atoms with Crippen LogP contribution < -0.4 is 0 Å². The number of hydrogen-bond donors (Lipinski definition) is 1. The van der Waals surface area contributed by atoms with Gasteiger partial charge in [0, 0.05) is 23.4 Å². The van der Waals surface area contributed by atoms with Crippen LogP contribution in [0.4, 0.5) is 4.39 Å². The Morgan fingerprint density at radius 1 is 1.44 bits per heavy atom.